The molecule has 0 heterocycles. The highest BCUT2D eigenvalue weighted by Crippen LogP contribution is 1.96. The van der Waals surface area contributed by atoms with Gasteiger partial charge in [0, 0.05) is 6.54 Å². The lowest BCUT2D eigenvalue weighted by molar-refractivity contribution is -0.147. The van der Waals surface area contributed by atoms with E-state index in [4.69, 9.17) is 10.2 Å². The molecule has 0 aromatic heterocycles. The summed E-state index contributed by atoms with van der Waals surface area (Å²) in [5, 5.41) is 17.6. The van der Waals surface area contributed by atoms with Gasteiger partial charge in [0.25, 0.3) is 0 Å². The summed E-state index contributed by atoms with van der Waals surface area (Å²) in [6.07, 6.45) is 0.705. The molecule has 0 rings (SSSR count). The number of aliphatic hydroxyl groups is 1. The molecule has 0 fully saturated rings. The first-order chi connectivity index (χ1) is 6.11. The lowest BCUT2D eigenvalue weighted by Crippen LogP contribution is -2.37. The second-order valence-electron chi connectivity index (χ2n) is 3.15. The summed E-state index contributed by atoms with van der Waals surface area (Å²) >= 11 is 0. The molecule has 13 heavy (non-hydrogen) atoms. The molecule has 0 saturated heterocycles. The van der Waals surface area contributed by atoms with Gasteiger partial charge in [-0.3, -0.25) is 0 Å². The van der Waals surface area contributed by atoms with Crippen molar-refractivity contribution in [1.82, 2.24) is 4.90 Å². The van der Waals surface area contributed by atoms with Gasteiger partial charge in [0.15, 0.2) is 6.10 Å². The summed E-state index contributed by atoms with van der Waals surface area (Å²) in [7, 11) is 0. The number of carboxylic acid groups (broad SMARTS) is 1. The van der Waals surface area contributed by atoms with Gasteiger partial charge in [-0.25, -0.2) is 4.79 Å². The van der Waals surface area contributed by atoms with E-state index in [0.717, 1.165) is 25.9 Å². The number of aliphatic hydroxyl groups excluding tert-OH is 1. The Balaban J connectivity index is 3.85. The minimum absolute atomic E-state index is 0.233. The van der Waals surface area contributed by atoms with Crippen LogP contribution in [0.15, 0.2) is 0 Å². The predicted octanol–water partition coefficient (Wildman–Crippen LogP) is 0.554. The van der Waals surface area contributed by atoms with Crippen LogP contribution in [-0.2, 0) is 4.79 Å². The number of nitrogens with zero attached hydrogens (tertiary/aromatic N) is 1. The molecule has 0 saturated carbocycles. The van der Waals surface area contributed by atoms with Crippen LogP contribution in [0.3, 0.4) is 0 Å². The van der Waals surface area contributed by atoms with Gasteiger partial charge in [0.2, 0.25) is 0 Å². The van der Waals surface area contributed by atoms with E-state index in [1.54, 1.807) is 0 Å². The zero-order valence-corrected chi connectivity index (χ0v) is 8.36. The highest BCUT2D eigenvalue weighted by molar-refractivity contribution is 5.72. The number of rotatable bonds is 7. The van der Waals surface area contributed by atoms with Crippen molar-refractivity contribution in [2.24, 2.45) is 0 Å². The third-order valence-electron chi connectivity index (χ3n) is 1.80. The maximum absolute atomic E-state index is 10.4. The van der Waals surface area contributed by atoms with Crippen molar-refractivity contribution in [2.75, 3.05) is 19.6 Å². The zero-order valence-electron chi connectivity index (χ0n) is 8.36. The first-order valence-electron chi connectivity index (χ1n) is 4.75. The summed E-state index contributed by atoms with van der Waals surface area (Å²) in [6.45, 7) is 6.00. The van der Waals surface area contributed by atoms with Crippen LogP contribution in [0.2, 0.25) is 0 Å². The average Bonchev–Trinajstić information content (AvgIpc) is 2.05. The quantitative estimate of drug-likeness (QED) is 0.614. The lowest BCUT2D eigenvalue weighted by Gasteiger charge is -2.21. The van der Waals surface area contributed by atoms with E-state index < -0.39 is 12.1 Å². The molecule has 0 spiro atoms. The topological polar surface area (TPSA) is 60.8 Å². The lowest BCUT2D eigenvalue weighted by atomic mass is 10.3. The molecule has 0 aliphatic rings. The second-order valence-corrected chi connectivity index (χ2v) is 3.15. The minimum atomic E-state index is -1.25. The molecule has 0 aliphatic heterocycles. The summed E-state index contributed by atoms with van der Waals surface area (Å²) in [5.41, 5.74) is 0. The van der Waals surface area contributed by atoms with Crippen LogP contribution in [0.1, 0.15) is 26.7 Å². The summed E-state index contributed by atoms with van der Waals surface area (Å²) in [6, 6.07) is 0. The van der Waals surface area contributed by atoms with Crippen LogP contribution in [0.5, 0.6) is 0 Å². The first kappa shape index (κ1) is 12.4. The first-order valence-corrected chi connectivity index (χ1v) is 4.75. The number of carboxylic acids is 1. The van der Waals surface area contributed by atoms with Crippen LogP contribution < -0.4 is 0 Å². The number of hydrogen-bond donors (Lipinski definition) is 2. The summed E-state index contributed by atoms with van der Waals surface area (Å²) < 4.78 is 0. The molecule has 0 radical (unpaired) electrons. The SMILES string of the molecule is CCCN(CCC)CC(O)C(=O)O. The van der Waals surface area contributed by atoms with Gasteiger partial charge in [0.05, 0.1) is 0 Å². The van der Waals surface area contributed by atoms with Crippen LogP contribution in [0.25, 0.3) is 0 Å². The third-order valence-corrected chi connectivity index (χ3v) is 1.80. The van der Waals surface area contributed by atoms with E-state index in [9.17, 15) is 4.79 Å². The maximum atomic E-state index is 10.4. The fraction of sp³-hybridized carbons (Fsp3) is 0.889. The molecule has 78 valence electrons. The number of carbonyl (C=O) groups is 1. The Bertz CT molecular complexity index is 144. The van der Waals surface area contributed by atoms with Gasteiger partial charge in [0.1, 0.15) is 0 Å². The highest BCUT2D eigenvalue weighted by atomic mass is 16.4. The van der Waals surface area contributed by atoms with Gasteiger partial charge in [-0.2, -0.15) is 0 Å². The van der Waals surface area contributed by atoms with Crippen LogP contribution in [-0.4, -0.2) is 46.8 Å². The minimum Gasteiger partial charge on any atom is -0.479 e. The molecule has 2 N–H and O–H groups in total. The number of hydrogen-bond acceptors (Lipinski definition) is 3. The van der Waals surface area contributed by atoms with E-state index in [1.165, 1.54) is 0 Å². The van der Waals surface area contributed by atoms with E-state index in [0.29, 0.717) is 0 Å². The van der Waals surface area contributed by atoms with Crippen molar-refractivity contribution >= 4 is 5.97 Å². The monoisotopic (exact) mass is 189 g/mol. The van der Waals surface area contributed by atoms with Crippen molar-refractivity contribution in [3.05, 3.63) is 0 Å². The van der Waals surface area contributed by atoms with Gasteiger partial charge >= 0.3 is 5.97 Å². The summed E-state index contributed by atoms with van der Waals surface area (Å²) in [4.78, 5) is 12.3. The van der Waals surface area contributed by atoms with Crippen LogP contribution >= 0.6 is 0 Å². The maximum Gasteiger partial charge on any atom is 0.333 e. The van der Waals surface area contributed by atoms with E-state index in [2.05, 4.69) is 0 Å². The molecular formula is C9H19NO3. The third kappa shape index (κ3) is 5.60. The number of aliphatic carboxylic acids is 1. The Labute approximate surface area is 79.2 Å². The fourth-order valence-electron chi connectivity index (χ4n) is 1.25. The molecule has 4 heteroatoms. The van der Waals surface area contributed by atoms with E-state index >= 15 is 0 Å². The highest BCUT2D eigenvalue weighted by Gasteiger charge is 2.16. The second kappa shape index (κ2) is 6.86. The Morgan fingerprint density at radius 1 is 1.31 bits per heavy atom. The van der Waals surface area contributed by atoms with Gasteiger partial charge < -0.3 is 15.1 Å². The van der Waals surface area contributed by atoms with E-state index in [-0.39, 0.29) is 6.54 Å². The van der Waals surface area contributed by atoms with Crippen LogP contribution in [0, 0.1) is 0 Å². The van der Waals surface area contributed by atoms with Crippen molar-refractivity contribution in [2.45, 2.75) is 32.8 Å². The molecule has 0 amide bonds. The Morgan fingerprint density at radius 3 is 2.08 bits per heavy atom. The zero-order chi connectivity index (χ0) is 10.3. The predicted molar refractivity (Wildman–Crippen MR) is 50.7 cm³/mol. The molecule has 0 bridgehead atoms. The van der Waals surface area contributed by atoms with Crippen LogP contribution in [0.4, 0.5) is 0 Å². The van der Waals surface area contributed by atoms with Gasteiger partial charge in [-0.15, -0.1) is 0 Å². The molecule has 1 atom stereocenters. The smallest absolute Gasteiger partial charge is 0.333 e. The molecule has 0 aromatic carbocycles. The molecule has 1 unspecified atom stereocenters. The molecular weight excluding hydrogens is 170 g/mol. The van der Waals surface area contributed by atoms with Gasteiger partial charge in [-0.1, -0.05) is 13.8 Å². The molecule has 0 aromatic rings. The Morgan fingerprint density at radius 2 is 1.77 bits per heavy atom. The van der Waals surface area contributed by atoms with Crippen molar-refractivity contribution in [3.8, 4) is 0 Å². The van der Waals surface area contributed by atoms with E-state index in [1.807, 2.05) is 18.7 Å². The molecule has 4 nitrogen and oxygen atoms in total. The largest absolute Gasteiger partial charge is 0.479 e. The van der Waals surface area contributed by atoms with Crippen molar-refractivity contribution in [3.63, 3.8) is 0 Å². The van der Waals surface area contributed by atoms with Crippen molar-refractivity contribution in [1.29, 1.82) is 0 Å². The Kier molecular flexibility index (Phi) is 6.54. The Hall–Kier alpha value is -0.610. The average molecular weight is 189 g/mol. The standard InChI is InChI=1S/C9H19NO3/c1-3-5-10(6-4-2)7-8(11)9(12)13/h8,11H,3-7H2,1-2H3,(H,12,13). The normalized spacial score (nSPS) is 13.2. The van der Waals surface area contributed by atoms with Gasteiger partial charge in [-0.05, 0) is 25.9 Å². The molecule has 0 aliphatic carbocycles. The fourth-order valence-corrected chi connectivity index (χ4v) is 1.25. The summed E-state index contributed by atoms with van der Waals surface area (Å²) in [5.74, 6) is -1.14. The van der Waals surface area contributed by atoms with Crippen molar-refractivity contribution < 1.29 is 15.0 Å².